The molecule has 0 aromatic rings. The van der Waals surface area contributed by atoms with E-state index in [1.807, 2.05) is 0 Å². The zero-order chi connectivity index (χ0) is 11.8. The second-order valence-electron chi connectivity index (χ2n) is 6.84. The van der Waals surface area contributed by atoms with Crippen LogP contribution >= 0.6 is 0 Å². The molecule has 94 valence electrons. The molecule has 2 rings (SSSR count). The molecule has 16 heavy (non-hydrogen) atoms. The average Bonchev–Trinajstić information content (AvgIpc) is 2.39. The van der Waals surface area contributed by atoms with E-state index in [0.717, 1.165) is 18.8 Å². The van der Waals surface area contributed by atoms with Gasteiger partial charge in [-0.1, -0.05) is 20.8 Å². The van der Waals surface area contributed by atoms with Crippen LogP contribution in [0.5, 0.6) is 0 Å². The largest absolute Gasteiger partial charge is 0.393 e. The molecule has 0 amide bonds. The van der Waals surface area contributed by atoms with Crippen LogP contribution in [0.2, 0.25) is 0 Å². The monoisotopic (exact) mass is 225 g/mol. The van der Waals surface area contributed by atoms with Gasteiger partial charge in [0.1, 0.15) is 0 Å². The van der Waals surface area contributed by atoms with Gasteiger partial charge >= 0.3 is 0 Å². The fourth-order valence-corrected chi connectivity index (χ4v) is 3.74. The standard InChI is InChI=1S/C14H27NO/c1-10-8-14(2,3)9-13(10)15-11-5-4-6-12(16)7-11/h10-13,15-16H,4-9H2,1-3H3. The quantitative estimate of drug-likeness (QED) is 0.757. The van der Waals surface area contributed by atoms with Gasteiger partial charge in [0.2, 0.25) is 0 Å². The maximum Gasteiger partial charge on any atom is 0.0555 e. The minimum atomic E-state index is -0.0593. The van der Waals surface area contributed by atoms with Gasteiger partial charge in [-0.05, 0) is 49.9 Å². The summed E-state index contributed by atoms with van der Waals surface area (Å²) < 4.78 is 0. The molecule has 0 heterocycles. The first-order valence-electron chi connectivity index (χ1n) is 6.90. The molecule has 0 aromatic heterocycles. The Kier molecular flexibility index (Phi) is 3.60. The van der Waals surface area contributed by atoms with Crippen LogP contribution in [0.25, 0.3) is 0 Å². The summed E-state index contributed by atoms with van der Waals surface area (Å²) >= 11 is 0. The summed E-state index contributed by atoms with van der Waals surface area (Å²) in [6.45, 7) is 7.12. The van der Waals surface area contributed by atoms with Crippen molar-refractivity contribution in [2.75, 3.05) is 0 Å². The van der Waals surface area contributed by atoms with Gasteiger partial charge in [-0.3, -0.25) is 0 Å². The number of aliphatic hydroxyl groups is 1. The molecule has 2 nitrogen and oxygen atoms in total. The summed E-state index contributed by atoms with van der Waals surface area (Å²) in [5, 5.41) is 13.5. The Morgan fingerprint density at radius 1 is 1.19 bits per heavy atom. The van der Waals surface area contributed by atoms with E-state index in [2.05, 4.69) is 26.1 Å². The third-order valence-electron chi connectivity index (χ3n) is 4.43. The Morgan fingerprint density at radius 2 is 1.94 bits per heavy atom. The third kappa shape index (κ3) is 2.98. The van der Waals surface area contributed by atoms with Crippen LogP contribution in [0.4, 0.5) is 0 Å². The van der Waals surface area contributed by atoms with Crippen molar-refractivity contribution >= 4 is 0 Å². The Hall–Kier alpha value is -0.0800. The molecule has 0 radical (unpaired) electrons. The minimum absolute atomic E-state index is 0.0593. The van der Waals surface area contributed by atoms with E-state index in [4.69, 9.17) is 0 Å². The topological polar surface area (TPSA) is 32.3 Å². The van der Waals surface area contributed by atoms with Crippen LogP contribution in [0.1, 0.15) is 59.3 Å². The van der Waals surface area contributed by atoms with Crippen molar-refractivity contribution < 1.29 is 5.11 Å². The van der Waals surface area contributed by atoms with Gasteiger partial charge in [0.25, 0.3) is 0 Å². The van der Waals surface area contributed by atoms with Crippen molar-refractivity contribution in [3.63, 3.8) is 0 Å². The van der Waals surface area contributed by atoms with E-state index in [9.17, 15) is 5.11 Å². The van der Waals surface area contributed by atoms with Crippen LogP contribution < -0.4 is 5.32 Å². The Bertz CT molecular complexity index is 239. The van der Waals surface area contributed by atoms with Crippen molar-refractivity contribution in [3.8, 4) is 0 Å². The van der Waals surface area contributed by atoms with Gasteiger partial charge < -0.3 is 10.4 Å². The van der Waals surface area contributed by atoms with Crippen LogP contribution in [0.15, 0.2) is 0 Å². The molecule has 2 fully saturated rings. The van der Waals surface area contributed by atoms with E-state index in [-0.39, 0.29) is 6.10 Å². The molecule has 4 unspecified atom stereocenters. The number of aliphatic hydroxyl groups excluding tert-OH is 1. The molecule has 0 bridgehead atoms. The fourth-order valence-electron chi connectivity index (χ4n) is 3.74. The average molecular weight is 225 g/mol. The van der Waals surface area contributed by atoms with E-state index < -0.39 is 0 Å². The van der Waals surface area contributed by atoms with E-state index >= 15 is 0 Å². The Morgan fingerprint density at radius 3 is 2.50 bits per heavy atom. The number of hydrogen-bond donors (Lipinski definition) is 2. The van der Waals surface area contributed by atoms with Crippen molar-refractivity contribution in [2.45, 2.75) is 77.5 Å². The second-order valence-corrected chi connectivity index (χ2v) is 6.84. The Balaban J connectivity index is 1.85. The summed E-state index contributed by atoms with van der Waals surface area (Å²) in [6, 6.07) is 1.23. The predicted octanol–water partition coefficient (Wildman–Crippen LogP) is 2.70. The summed E-state index contributed by atoms with van der Waals surface area (Å²) in [4.78, 5) is 0. The summed E-state index contributed by atoms with van der Waals surface area (Å²) in [5.41, 5.74) is 0.504. The fraction of sp³-hybridized carbons (Fsp3) is 1.00. The van der Waals surface area contributed by atoms with Gasteiger partial charge in [0, 0.05) is 12.1 Å². The molecule has 0 spiro atoms. The van der Waals surface area contributed by atoms with E-state index in [1.165, 1.54) is 25.7 Å². The lowest BCUT2D eigenvalue weighted by molar-refractivity contribution is 0.106. The lowest BCUT2D eigenvalue weighted by atomic mass is 9.90. The normalized spacial score (nSPS) is 43.5. The summed E-state index contributed by atoms with van der Waals surface area (Å²) in [5.74, 6) is 0.786. The predicted molar refractivity (Wildman–Crippen MR) is 67.4 cm³/mol. The smallest absolute Gasteiger partial charge is 0.0555 e. The summed E-state index contributed by atoms with van der Waals surface area (Å²) in [7, 11) is 0. The van der Waals surface area contributed by atoms with E-state index in [0.29, 0.717) is 17.5 Å². The number of nitrogens with one attached hydrogen (secondary N) is 1. The van der Waals surface area contributed by atoms with Crippen LogP contribution in [-0.4, -0.2) is 23.3 Å². The molecule has 2 saturated carbocycles. The molecule has 0 aromatic carbocycles. The lowest BCUT2D eigenvalue weighted by Crippen LogP contribution is -2.43. The first-order chi connectivity index (χ1) is 7.46. The molecule has 2 N–H and O–H groups in total. The highest BCUT2D eigenvalue weighted by atomic mass is 16.3. The highest BCUT2D eigenvalue weighted by Gasteiger charge is 2.37. The zero-order valence-corrected chi connectivity index (χ0v) is 11.0. The zero-order valence-electron chi connectivity index (χ0n) is 11.0. The van der Waals surface area contributed by atoms with Crippen LogP contribution in [0.3, 0.4) is 0 Å². The molecule has 2 heteroatoms. The van der Waals surface area contributed by atoms with Crippen molar-refractivity contribution in [1.82, 2.24) is 5.32 Å². The van der Waals surface area contributed by atoms with Crippen LogP contribution in [0, 0.1) is 11.3 Å². The molecular weight excluding hydrogens is 198 g/mol. The van der Waals surface area contributed by atoms with Crippen molar-refractivity contribution in [1.29, 1.82) is 0 Å². The third-order valence-corrected chi connectivity index (χ3v) is 4.43. The maximum absolute atomic E-state index is 9.68. The maximum atomic E-state index is 9.68. The SMILES string of the molecule is CC1CC(C)(C)CC1NC1CCCC(O)C1. The Labute approximate surface area is 99.8 Å². The van der Waals surface area contributed by atoms with Gasteiger partial charge in [0.05, 0.1) is 6.10 Å². The lowest BCUT2D eigenvalue weighted by Gasteiger charge is -2.31. The van der Waals surface area contributed by atoms with Gasteiger partial charge in [0.15, 0.2) is 0 Å². The highest BCUT2D eigenvalue weighted by molar-refractivity contribution is 4.93. The van der Waals surface area contributed by atoms with Crippen molar-refractivity contribution in [2.24, 2.45) is 11.3 Å². The van der Waals surface area contributed by atoms with E-state index in [1.54, 1.807) is 0 Å². The van der Waals surface area contributed by atoms with Crippen LogP contribution in [-0.2, 0) is 0 Å². The van der Waals surface area contributed by atoms with Gasteiger partial charge in [-0.25, -0.2) is 0 Å². The second kappa shape index (κ2) is 4.66. The molecular formula is C14H27NO. The molecule has 0 aliphatic heterocycles. The summed E-state index contributed by atoms with van der Waals surface area (Å²) in [6.07, 6.45) is 6.97. The molecule has 0 saturated heterocycles. The number of hydrogen-bond acceptors (Lipinski definition) is 2. The van der Waals surface area contributed by atoms with Gasteiger partial charge in [-0.15, -0.1) is 0 Å². The minimum Gasteiger partial charge on any atom is -0.393 e. The van der Waals surface area contributed by atoms with Crippen molar-refractivity contribution in [3.05, 3.63) is 0 Å². The first kappa shape index (κ1) is 12.4. The molecule has 4 atom stereocenters. The molecule has 2 aliphatic carbocycles. The first-order valence-corrected chi connectivity index (χ1v) is 6.90. The number of rotatable bonds is 2. The van der Waals surface area contributed by atoms with Gasteiger partial charge in [-0.2, -0.15) is 0 Å². The molecule has 2 aliphatic rings. The highest BCUT2D eigenvalue weighted by Crippen LogP contribution is 2.41.